The molecule has 0 amide bonds. The highest BCUT2D eigenvalue weighted by atomic mass is 16.5. The molecule has 0 aliphatic carbocycles. The Labute approximate surface area is 159 Å². The van der Waals surface area contributed by atoms with Gasteiger partial charge in [0.2, 0.25) is 5.90 Å². The van der Waals surface area contributed by atoms with Crippen molar-refractivity contribution in [1.82, 2.24) is 5.32 Å². The van der Waals surface area contributed by atoms with Crippen molar-refractivity contribution >= 4 is 17.8 Å². The van der Waals surface area contributed by atoms with E-state index in [9.17, 15) is 5.26 Å². The number of allylic oxidation sites excluding steroid dienone is 4. The van der Waals surface area contributed by atoms with Crippen molar-refractivity contribution < 1.29 is 4.74 Å². The number of ether oxygens (including phenoxy) is 1. The normalized spacial score (nSPS) is 19.5. The van der Waals surface area contributed by atoms with Crippen LogP contribution in [-0.2, 0) is 11.2 Å². The smallest absolute Gasteiger partial charge is 0.212 e. The SMILES string of the molecule is C=CC(=N/C=C(/C#N)C(=C)C1=CC=Nc2ccccc2C1)OC1CCNC1. The number of hydrogen-bond acceptors (Lipinski definition) is 5. The van der Waals surface area contributed by atoms with Crippen LogP contribution in [0.3, 0.4) is 0 Å². The molecule has 0 aromatic heterocycles. The van der Waals surface area contributed by atoms with Crippen LogP contribution in [0, 0.1) is 11.3 Å². The summed E-state index contributed by atoms with van der Waals surface area (Å²) in [5, 5.41) is 12.8. The van der Waals surface area contributed by atoms with Gasteiger partial charge in [0, 0.05) is 25.4 Å². The second-order valence-corrected chi connectivity index (χ2v) is 6.31. The maximum atomic E-state index is 9.58. The molecule has 1 atom stereocenters. The molecule has 1 unspecified atom stereocenters. The quantitative estimate of drug-likeness (QED) is 0.377. The molecule has 1 aromatic rings. The Balaban J connectivity index is 1.77. The second kappa shape index (κ2) is 8.93. The lowest BCUT2D eigenvalue weighted by Gasteiger charge is -2.12. The van der Waals surface area contributed by atoms with Gasteiger partial charge in [-0.3, -0.25) is 4.99 Å². The Morgan fingerprint density at radius 3 is 3.00 bits per heavy atom. The van der Waals surface area contributed by atoms with Crippen molar-refractivity contribution in [2.75, 3.05) is 13.1 Å². The Bertz CT molecular complexity index is 893. The largest absolute Gasteiger partial charge is 0.473 e. The van der Waals surface area contributed by atoms with Crippen LogP contribution in [0.5, 0.6) is 0 Å². The fraction of sp³-hybridized carbons (Fsp3) is 0.227. The molecule has 1 saturated heterocycles. The van der Waals surface area contributed by atoms with Gasteiger partial charge < -0.3 is 10.1 Å². The van der Waals surface area contributed by atoms with Crippen LogP contribution in [0.1, 0.15) is 12.0 Å². The summed E-state index contributed by atoms with van der Waals surface area (Å²) in [6.07, 6.45) is 8.37. The average molecular weight is 358 g/mol. The lowest BCUT2D eigenvalue weighted by molar-refractivity contribution is 0.211. The van der Waals surface area contributed by atoms with Gasteiger partial charge in [-0.1, -0.05) is 31.4 Å². The molecule has 2 aliphatic heterocycles. The monoisotopic (exact) mass is 358 g/mol. The predicted octanol–water partition coefficient (Wildman–Crippen LogP) is 3.80. The lowest BCUT2D eigenvalue weighted by atomic mass is 9.94. The summed E-state index contributed by atoms with van der Waals surface area (Å²) in [4.78, 5) is 8.74. The molecule has 1 fully saturated rings. The molecule has 2 aliphatic rings. The molecule has 0 bridgehead atoms. The van der Waals surface area contributed by atoms with E-state index < -0.39 is 0 Å². The molecule has 3 rings (SSSR count). The van der Waals surface area contributed by atoms with Crippen molar-refractivity contribution in [1.29, 1.82) is 5.26 Å². The standard InChI is InChI=1S/C22H22N4O/c1-3-22(27-20-9-10-24-15-20)26-14-19(13-23)16(2)17-8-11-25-21-7-5-4-6-18(21)12-17/h3-8,11,14,20,24H,1-2,9-10,12,15H2/b19-14-,26-22?. The highest BCUT2D eigenvalue weighted by Crippen LogP contribution is 2.28. The molecule has 1 N–H and O–H groups in total. The molecular formula is C22H22N4O. The zero-order valence-electron chi connectivity index (χ0n) is 15.2. The van der Waals surface area contributed by atoms with Gasteiger partial charge in [-0.05, 0) is 47.9 Å². The highest BCUT2D eigenvalue weighted by molar-refractivity contribution is 5.88. The molecule has 136 valence electrons. The first-order valence-electron chi connectivity index (χ1n) is 8.90. The summed E-state index contributed by atoms with van der Waals surface area (Å²) in [7, 11) is 0. The Hall–Kier alpha value is -3.23. The molecule has 0 spiro atoms. The number of benzene rings is 1. The van der Waals surface area contributed by atoms with Crippen LogP contribution >= 0.6 is 0 Å². The number of nitrogens with one attached hydrogen (secondary N) is 1. The third-order valence-corrected chi connectivity index (χ3v) is 4.49. The number of fused-ring (bicyclic) bond motifs is 1. The first-order chi connectivity index (χ1) is 13.2. The maximum Gasteiger partial charge on any atom is 0.212 e. The molecule has 5 heteroatoms. The molecule has 5 nitrogen and oxygen atoms in total. The summed E-state index contributed by atoms with van der Waals surface area (Å²) >= 11 is 0. The lowest BCUT2D eigenvalue weighted by Crippen LogP contribution is -2.19. The van der Waals surface area contributed by atoms with Crippen LogP contribution in [0.4, 0.5) is 5.69 Å². The number of aliphatic imine (C=N–C) groups is 2. The van der Waals surface area contributed by atoms with Gasteiger partial charge in [-0.25, -0.2) is 4.99 Å². The molecule has 1 aromatic carbocycles. The highest BCUT2D eigenvalue weighted by Gasteiger charge is 2.17. The van der Waals surface area contributed by atoms with Crippen molar-refractivity contribution in [3.05, 3.63) is 78.1 Å². The summed E-state index contributed by atoms with van der Waals surface area (Å²) in [6, 6.07) is 10.1. The fourth-order valence-electron chi connectivity index (χ4n) is 2.97. The van der Waals surface area contributed by atoms with Crippen molar-refractivity contribution in [3.8, 4) is 6.07 Å². The van der Waals surface area contributed by atoms with E-state index in [1.807, 2.05) is 30.3 Å². The second-order valence-electron chi connectivity index (χ2n) is 6.31. The number of nitrogens with zero attached hydrogens (tertiary/aromatic N) is 3. The number of rotatable bonds is 5. The predicted molar refractivity (Wildman–Crippen MR) is 109 cm³/mol. The van der Waals surface area contributed by atoms with Crippen LogP contribution in [-0.4, -0.2) is 31.3 Å². The summed E-state index contributed by atoms with van der Waals surface area (Å²) < 4.78 is 5.80. The van der Waals surface area contributed by atoms with Gasteiger partial charge in [0.05, 0.1) is 11.3 Å². The molecule has 2 heterocycles. The zero-order valence-corrected chi connectivity index (χ0v) is 15.2. The summed E-state index contributed by atoms with van der Waals surface area (Å²) in [5.74, 6) is 0.408. The first kappa shape index (κ1) is 18.6. The van der Waals surface area contributed by atoms with E-state index >= 15 is 0 Å². The minimum Gasteiger partial charge on any atom is -0.473 e. The zero-order chi connectivity index (χ0) is 19.1. The van der Waals surface area contributed by atoms with E-state index in [1.54, 1.807) is 12.3 Å². The van der Waals surface area contributed by atoms with Crippen LogP contribution < -0.4 is 5.32 Å². The Morgan fingerprint density at radius 2 is 2.26 bits per heavy atom. The fourth-order valence-corrected chi connectivity index (χ4v) is 2.97. The van der Waals surface area contributed by atoms with E-state index in [1.165, 1.54) is 6.20 Å². The van der Waals surface area contributed by atoms with Crippen LogP contribution in [0.25, 0.3) is 0 Å². The maximum absolute atomic E-state index is 9.58. The van der Waals surface area contributed by atoms with Gasteiger partial charge in [-0.15, -0.1) is 0 Å². The molecule has 27 heavy (non-hydrogen) atoms. The van der Waals surface area contributed by atoms with E-state index in [0.29, 0.717) is 23.5 Å². The third kappa shape index (κ3) is 4.69. The molecular weight excluding hydrogens is 336 g/mol. The minimum absolute atomic E-state index is 0.0844. The van der Waals surface area contributed by atoms with E-state index in [2.05, 4.69) is 34.5 Å². The summed E-state index contributed by atoms with van der Waals surface area (Å²) in [5.41, 5.74) is 4.00. The summed E-state index contributed by atoms with van der Waals surface area (Å²) in [6.45, 7) is 9.57. The van der Waals surface area contributed by atoms with E-state index in [4.69, 9.17) is 4.74 Å². The van der Waals surface area contributed by atoms with Gasteiger partial charge in [-0.2, -0.15) is 5.26 Å². The van der Waals surface area contributed by atoms with Crippen molar-refractivity contribution in [2.24, 2.45) is 9.98 Å². The Kier molecular flexibility index (Phi) is 6.14. The number of nitriles is 1. The van der Waals surface area contributed by atoms with Crippen molar-refractivity contribution in [3.63, 3.8) is 0 Å². The topological polar surface area (TPSA) is 69.8 Å². The third-order valence-electron chi connectivity index (χ3n) is 4.49. The minimum atomic E-state index is 0.0844. The number of hydrogen-bond donors (Lipinski definition) is 1. The average Bonchev–Trinajstić information content (AvgIpc) is 3.11. The molecule has 0 saturated carbocycles. The van der Waals surface area contributed by atoms with Crippen LogP contribution in [0.15, 0.2) is 82.5 Å². The van der Waals surface area contributed by atoms with Gasteiger partial charge in [0.25, 0.3) is 0 Å². The van der Waals surface area contributed by atoms with Gasteiger partial charge >= 0.3 is 0 Å². The van der Waals surface area contributed by atoms with Gasteiger partial charge in [0.1, 0.15) is 12.2 Å². The van der Waals surface area contributed by atoms with Crippen LogP contribution in [0.2, 0.25) is 0 Å². The van der Waals surface area contributed by atoms with E-state index in [-0.39, 0.29) is 6.10 Å². The van der Waals surface area contributed by atoms with Gasteiger partial charge in [0.15, 0.2) is 0 Å². The number of para-hydroxylation sites is 1. The first-order valence-corrected chi connectivity index (χ1v) is 8.90. The Morgan fingerprint density at radius 1 is 1.41 bits per heavy atom. The van der Waals surface area contributed by atoms with E-state index in [0.717, 1.165) is 36.3 Å². The van der Waals surface area contributed by atoms with Crippen molar-refractivity contribution in [2.45, 2.75) is 18.9 Å². The molecule has 0 radical (unpaired) electrons.